The molecule has 0 aliphatic carbocycles. The van der Waals surface area contributed by atoms with Crippen molar-refractivity contribution in [1.82, 2.24) is 30.0 Å². The minimum absolute atomic E-state index is 0.187. The Morgan fingerprint density at radius 2 is 2.24 bits per heavy atom. The van der Waals surface area contributed by atoms with Crippen LogP contribution >= 0.6 is 0 Å². The minimum atomic E-state index is 0.187. The predicted molar refractivity (Wildman–Crippen MR) is 63.2 cm³/mol. The third-order valence-electron chi connectivity index (χ3n) is 2.47. The van der Waals surface area contributed by atoms with Gasteiger partial charge in [0.05, 0.1) is 5.69 Å². The van der Waals surface area contributed by atoms with E-state index in [1.54, 1.807) is 29.6 Å². The van der Waals surface area contributed by atoms with Crippen molar-refractivity contribution in [2.75, 3.05) is 6.54 Å². The van der Waals surface area contributed by atoms with Crippen LogP contribution in [0.25, 0.3) is 0 Å². The second kappa shape index (κ2) is 5.49. The highest BCUT2D eigenvalue weighted by Gasteiger charge is 2.06. The van der Waals surface area contributed by atoms with E-state index in [1.165, 1.54) is 0 Å². The zero-order valence-electron chi connectivity index (χ0n) is 10.0. The maximum Gasteiger partial charge on any atom is 0.151 e. The van der Waals surface area contributed by atoms with Crippen molar-refractivity contribution in [1.29, 1.82) is 0 Å². The lowest BCUT2D eigenvalue weighted by molar-refractivity contribution is 0.555. The molecule has 0 bridgehead atoms. The van der Waals surface area contributed by atoms with Gasteiger partial charge in [-0.1, -0.05) is 0 Å². The fourth-order valence-electron chi connectivity index (χ4n) is 1.54. The van der Waals surface area contributed by atoms with E-state index in [9.17, 15) is 0 Å². The molecule has 2 aromatic rings. The third-order valence-corrected chi connectivity index (χ3v) is 2.47. The van der Waals surface area contributed by atoms with Crippen LogP contribution in [-0.4, -0.2) is 31.3 Å². The van der Waals surface area contributed by atoms with Crippen molar-refractivity contribution < 1.29 is 0 Å². The monoisotopic (exact) mass is 232 g/mol. The molecule has 17 heavy (non-hydrogen) atoms. The number of aromatic nitrogens is 5. The maximum absolute atomic E-state index is 4.25. The van der Waals surface area contributed by atoms with E-state index < -0.39 is 0 Å². The number of nitrogens with one attached hydrogen (secondary N) is 1. The summed E-state index contributed by atoms with van der Waals surface area (Å²) in [6.45, 7) is 2.89. The molecule has 0 amide bonds. The number of rotatable bonds is 5. The molecule has 1 unspecified atom stereocenters. The van der Waals surface area contributed by atoms with E-state index in [4.69, 9.17) is 0 Å². The highest BCUT2D eigenvalue weighted by molar-refractivity contribution is 5.00. The molecule has 0 aliphatic rings. The average Bonchev–Trinajstić information content (AvgIpc) is 2.76. The second-order valence-electron chi connectivity index (χ2n) is 3.89. The Bertz CT molecular complexity index is 452. The van der Waals surface area contributed by atoms with Gasteiger partial charge in [0.15, 0.2) is 5.82 Å². The van der Waals surface area contributed by atoms with Gasteiger partial charge in [-0.05, 0) is 6.92 Å². The summed E-state index contributed by atoms with van der Waals surface area (Å²) < 4.78 is 1.71. The first kappa shape index (κ1) is 11.7. The molecule has 1 atom stereocenters. The Labute approximate surface area is 100 Å². The van der Waals surface area contributed by atoms with Gasteiger partial charge < -0.3 is 5.32 Å². The molecule has 0 saturated heterocycles. The quantitative estimate of drug-likeness (QED) is 0.813. The first-order valence-corrected chi connectivity index (χ1v) is 5.59. The molecular weight excluding hydrogens is 216 g/mol. The summed E-state index contributed by atoms with van der Waals surface area (Å²) in [5.41, 5.74) is 0.946. The van der Waals surface area contributed by atoms with Crippen molar-refractivity contribution in [2.45, 2.75) is 19.4 Å². The summed E-state index contributed by atoms with van der Waals surface area (Å²) in [5, 5.41) is 7.58. The molecule has 6 nitrogen and oxygen atoms in total. The van der Waals surface area contributed by atoms with Crippen LogP contribution in [-0.2, 0) is 13.5 Å². The third kappa shape index (κ3) is 3.32. The molecule has 90 valence electrons. The summed E-state index contributed by atoms with van der Waals surface area (Å²) in [5.74, 6) is 0.853. The summed E-state index contributed by atoms with van der Waals surface area (Å²) >= 11 is 0. The van der Waals surface area contributed by atoms with E-state index in [1.807, 2.05) is 7.05 Å². The Kier molecular flexibility index (Phi) is 3.77. The lowest BCUT2D eigenvalue weighted by Crippen LogP contribution is -2.22. The van der Waals surface area contributed by atoms with E-state index in [0.717, 1.165) is 24.5 Å². The molecule has 0 fully saturated rings. The topological polar surface area (TPSA) is 68.5 Å². The lowest BCUT2D eigenvalue weighted by Gasteiger charge is -2.11. The average molecular weight is 232 g/mol. The molecule has 0 spiro atoms. The SMILES string of the molecule is CC(NCCc1ncn(C)n1)c1cnccn1. The molecule has 0 aliphatic heterocycles. The van der Waals surface area contributed by atoms with Crippen LogP contribution in [0.1, 0.15) is 24.5 Å². The smallest absolute Gasteiger partial charge is 0.151 e. The summed E-state index contributed by atoms with van der Waals surface area (Å²) in [6.07, 6.45) is 7.67. The Morgan fingerprint density at radius 3 is 2.88 bits per heavy atom. The fourth-order valence-corrected chi connectivity index (χ4v) is 1.54. The summed E-state index contributed by atoms with van der Waals surface area (Å²) in [6, 6.07) is 0.187. The fraction of sp³-hybridized carbons (Fsp3) is 0.455. The van der Waals surface area contributed by atoms with Crippen molar-refractivity contribution in [3.8, 4) is 0 Å². The Balaban J connectivity index is 1.79. The summed E-state index contributed by atoms with van der Waals surface area (Å²) in [4.78, 5) is 12.5. The van der Waals surface area contributed by atoms with Gasteiger partial charge in [0.2, 0.25) is 0 Å². The number of aryl methyl sites for hydroxylation is 1. The predicted octanol–water partition coefficient (Wildman–Crippen LogP) is 0.498. The van der Waals surface area contributed by atoms with Gasteiger partial charge in [0, 0.05) is 44.6 Å². The maximum atomic E-state index is 4.25. The first-order chi connectivity index (χ1) is 8.25. The van der Waals surface area contributed by atoms with Crippen molar-refractivity contribution in [3.05, 3.63) is 36.4 Å². The van der Waals surface area contributed by atoms with Crippen LogP contribution < -0.4 is 5.32 Å². The van der Waals surface area contributed by atoms with Gasteiger partial charge in [-0.15, -0.1) is 0 Å². The van der Waals surface area contributed by atoms with Crippen LogP contribution in [0.2, 0.25) is 0 Å². The van der Waals surface area contributed by atoms with Gasteiger partial charge in [-0.25, -0.2) is 4.98 Å². The van der Waals surface area contributed by atoms with Gasteiger partial charge >= 0.3 is 0 Å². The Morgan fingerprint density at radius 1 is 1.35 bits per heavy atom. The summed E-state index contributed by atoms with van der Waals surface area (Å²) in [7, 11) is 1.87. The van der Waals surface area contributed by atoms with Gasteiger partial charge in [0.25, 0.3) is 0 Å². The van der Waals surface area contributed by atoms with Crippen LogP contribution in [0.5, 0.6) is 0 Å². The highest BCUT2D eigenvalue weighted by atomic mass is 15.3. The number of hydrogen-bond acceptors (Lipinski definition) is 5. The van der Waals surface area contributed by atoms with Crippen LogP contribution in [0, 0.1) is 0 Å². The first-order valence-electron chi connectivity index (χ1n) is 5.59. The molecule has 2 heterocycles. The normalized spacial score (nSPS) is 12.6. The highest BCUT2D eigenvalue weighted by Crippen LogP contribution is 2.05. The van der Waals surface area contributed by atoms with E-state index in [0.29, 0.717) is 0 Å². The second-order valence-corrected chi connectivity index (χ2v) is 3.89. The van der Waals surface area contributed by atoms with Gasteiger partial charge in [-0.3, -0.25) is 14.6 Å². The Hall–Kier alpha value is -1.82. The minimum Gasteiger partial charge on any atom is -0.308 e. The van der Waals surface area contributed by atoms with Gasteiger partial charge in [0.1, 0.15) is 6.33 Å². The van der Waals surface area contributed by atoms with Crippen LogP contribution in [0.4, 0.5) is 0 Å². The van der Waals surface area contributed by atoms with Crippen LogP contribution in [0.3, 0.4) is 0 Å². The molecule has 0 aromatic carbocycles. The van der Waals surface area contributed by atoms with E-state index >= 15 is 0 Å². The zero-order valence-corrected chi connectivity index (χ0v) is 10.0. The van der Waals surface area contributed by atoms with E-state index in [-0.39, 0.29) is 6.04 Å². The van der Waals surface area contributed by atoms with Crippen molar-refractivity contribution in [3.63, 3.8) is 0 Å². The van der Waals surface area contributed by atoms with Crippen molar-refractivity contribution >= 4 is 0 Å². The molecule has 2 aromatic heterocycles. The molecular formula is C11H16N6. The standard InChI is InChI=1S/C11H16N6/c1-9(10-7-12-5-6-14-10)13-4-3-11-15-8-17(2)16-11/h5-9,13H,3-4H2,1-2H3. The molecule has 0 saturated carbocycles. The molecule has 6 heteroatoms. The number of nitrogens with zero attached hydrogens (tertiary/aromatic N) is 5. The number of hydrogen-bond donors (Lipinski definition) is 1. The largest absolute Gasteiger partial charge is 0.308 e. The zero-order chi connectivity index (χ0) is 12.1. The van der Waals surface area contributed by atoms with E-state index in [2.05, 4.69) is 32.3 Å². The van der Waals surface area contributed by atoms with Crippen LogP contribution in [0.15, 0.2) is 24.9 Å². The van der Waals surface area contributed by atoms with Gasteiger partial charge in [-0.2, -0.15) is 5.10 Å². The molecule has 0 radical (unpaired) electrons. The lowest BCUT2D eigenvalue weighted by atomic mass is 10.2. The molecule has 2 rings (SSSR count). The van der Waals surface area contributed by atoms with Crippen molar-refractivity contribution in [2.24, 2.45) is 7.05 Å². The molecule has 1 N–H and O–H groups in total.